The molecule has 8 heteroatoms. The number of piperidine rings is 1. The molecule has 2 heterocycles. The molecule has 0 spiro atoms. The van der Waals surface area contributed by atoms with Crippen LogP contribution in [0.3, 0.4) is 0 Å². The van der Waals surface area contributed by atoms with Crippen LogP contribution < -0.4 is 4.74 Å². The molecule has 3 aromatic rings. The fraction of sp³-hybridized carbons (Fsp3) is 0.286. The first kappa shape index (κ1) is 19.0. The fourth-order valence-corrected chi connectivity index (χ4v) is 3.50. The summed E-state index contributed by atoms with van der Waals surface area (Å²) in [6.45, 7) is 0.847. The summed E-state index contributed by atoms with van der Waals surface area (Å²) in [5, 5.41) is 4.06. The molecule has 0 N–H and O–H groups in total. The van der Waals surface area contributed by atoms with Crippen LogP contribution in [-0.2, 0) is 0 Å². The number of rotatable bonds is 4. The maximum Gasteiger partial charge on any atom is 0.256 e. The lowest BCUT2D eigenvalue weighted by Gasteiger charge is -2.30. The third kappa shape index (κ3) is 3.83. The smallest absolute Gasteiger partial charge is 0.256 e. The highest BCUT2D eigenvalue weighted by atomic mass is 19.1. The van der Waals surface area contributed by atoms with E-state index in [0.717, 1.165) is 17.7 Å². The Morgan fingerprint density at radius 2 is 1.93 bits per heavy atom. The topological polar surface area (TPSA) is 68.5 Å². The van der Waals surface area contributed by atoms with Crippen molar-refractivity contribution in [1.82, 2.24) is 15.0 Å². The standard InChI is InChI=1S/C21H19F2N3O3/c1-28-18-5-3-2-4-16(18)19-24-20(29-25-19)13-8-10-26(11-9-13)21(27)15-7-6-14(22)12-17(15)23/h2-7,12-13H,8-11H2,1H3. The van der Waals surface area contributed by atoms with Crippen LogP contribution in [0.15, 0.2) is 47.0 Å². The van der Waals surface area contributed by atoms with Crippen LogP contribution in [0.1, 0.15) is 35.0 Å². The molecule has 4 rings (SSSR count). The highest BCUT2D eigenvalue weighted by molar-refractivity contribution is 5.94. The minimum absolute atomic E-state index is 0.00747. The molecule has 1 fully saturated rings. The number of aromatic nitrogens is 2. The van der Waals surface area contributed by atoms with Gasteiger partial charge in [-0.3, -0.25) is 4.79 Å². The second-order valence-electron chi connectivity index (χ2n) is 6.85. The molecule has 1 aliphatic rings. The Morgan fingerprint density at radius 3 is 2.66 bits per heavy atom. The molecular weight excluding hydrogens is 380 g/mol. The first-order valence-corrected chi connectivity index (χ1v) is 9.28. The minimum Gasteiger partial charge on any atom is -0.496 e. The molecule has 1 aliphatic heterocycles. The number of hydrogen-bond donors (Lipinski definition) is 0. The summed E-state index contributed by atoms with van der Waals surface area (Å²) in [5.41, 5.74) is 0.616. The number of methoxy groups -OCH3 is 1. The first-order valence-electron chi connectivity index (χ1n) is 9.28. The first-order chi connectivity index (χ1) is 14.1. The number of benzene rings is 2. The molecule has 0 unspecified atom stereocenters. The predicted molar refractivity (Wildman–Crippen MR) is 101 cm³/mol. The van der Waals surface area contributed by atoms with Crippen LogP contribution in [0.25, 0.3) is 11.4 Å². The van der Waals surface area contributed by atoms with Gasteiger partial charge in [0.15, 0.2) is 0 Å². The van der Waals surface area contributed by atoms with Gasteiger partial charge in [0.05, 0.1) is 18.2 Å². The molecule has 1 saturated heterocycles. The lowest BCUT2D eigenvalue weighted by atomic mass is 9.96. The Morgan fingerprint density at radius 1 is 1.17 bits per heavy atom. The van der Waals surface area contributed by atoms with Crippen molar-refractivity contribution < 1.29 is 22.8 Å². The lowest BCUT2D eigenvalue weighted by molar-refractivity contribution is 0.0699. The van der Waals surface area contributed by atoms with E-state index in [0.29, 0.717) is 43.4 Å². The zero-order valence-corrected chi connectivity index (χ0v) is 15.8. The molecule has 0 atom stereocenters. The molecule has 0 radical (unpaired) electrons. The summed E-state index contributed by atoms with van der Waals surface area (Å²) in [6, 6.07) is 10.4. The lowest BCUT2D eigenvalue weighted by Crippen LogP contribution is -2.38. The Bertz CT molecular complexity index is 1030. The SMILES string of the molecule is COc1ccccc1-c1noc(C2CCN(C(=O)c3ccc(F)cc3F)CC2)n1. The van der Waals surface area contributed by atoms with Crippen LogP contribution >= 0.6 is 0 Å². The van der Waals surface area contributed by atoms with Gasteiger partial charge in [-0.05, 0) is 37.1 Å². The number of hydrogen-bond acceptors (Lipinski definition) is 5. The molecule has 0 aliphatic carbocycles. The van der Waals surface area contributed by atoms with Gasteiger partial charge in [0, 0.05) is 25.1 Å². The van der Waals surface area contributed by atoms with E-state index in [9.17, 15) is 13.6 Å². The van der Waals surface area contributed by atoms with Crippen LogP contribution in [0, 0.1) is 11.6 Å². The molecule has 0 saturated carbocycles. The van der Waals surface area contributed by atoms with E-state index in [4.69, 9.17) is 9.26 Å². The Hall–Kier alpha value is -3.29. The summed E-state index contributed by atoms with van der Waals surface area (Å²) in [6.07, 6.45) is 1.23. The van der Waals surface area contributed by atoms with Crippen molar-refractivity contribution in [3.8, 4) is 17.1 Å². The van der Waals surface area contributed by atoms with Crippen LogP contribution in [0.2, 0.25) is 0 Å². The van der Waals surface area contributed by atoms with E-state index >= 15 is 0 Å². The number of halogens is 2. The number of carbonyl (C=O) groups is 1. The van der Waals surface area contributed by atoms with E-state index in [1.807, 2.05) is 24.3 Å². The summed E-state index contributed by atoms with van der Waals surface area (Å²) in [7, 11) is 1.58. The van der Waals surface area contributed by atoms with E-state index in [1.54, 1.807) is 12.0 Å². The van der Waals surface area contributed by atoms with Crippen LogP contribution in [-0.4, -0.2) is 41.1 Å². The Labute approximate surface area is 166 Å². The summed E-state index contributed by atoms with van der Waals surface area (Å²) in [5.74, 6) is -0.387. The van der Waals surface area contributed by atoms with Crippen molar-refractivity contribution in [2.24, 2.45) is 0 Å². The van der Waals surface area contributed by atoms with Gasteiger partial charge in [-0.1, -0.05) is 17.3 Å². The number of nitrogens with zero attached hydrogens (tertiary/aromatic N) is 3. The van der Waals surface area contributed by atoms with Crippen molar-refractivity contribution in [2.45, 2.75) is 18.8 Å². The van der Waals surface area contributed by atoms with Crippen LogP contribution in [0.5, 0.6) is 5.75 Å². The zero-order chi connectivity index (χ0) is 20.4. The fourth-order valence-electron chi connectivity index (χ4n) is 3.50. The number of para-hydroxylation sites is 1. The summed E-state index contributed by atoms with van der Waals surface area (Å²) >= 11 is 0. The molecule has 150 valence electrons. The second-order valence-corrected chi connectivity index (χ2v) is 6.85. The maximum absolute atomic E-state index is 13.9. The second kappa shape index (κ2) is 7.98. The van der Waals surface area contributed by atoms with E-state index in [1.165, 1.54) is 6.07 Å². The van der Waals surface area contributed by atoms with E-state index < -0.39 is 17.5 Å². The van der Waals surface area contributed by atoms with Gasteiger partial charge in [-0.15, -0.1) is 0 Å². The van der Waals surface area contributed by atoms with Gasteiger partial charge in [-0.25, -0.2) is 8.78 Å². The number of likely N-dealkylation sites (tertiary alicyclic amines) is 1. The summed E-state index contributed by atoms with van der Waals surface area (Å²) in [4.78, 5) is 18.6. The van der Waals surface area contributed by atoms with Crippen molar-refractivity contribution in [1.29, 1.82) is 0 Å². The molecule has 1 amide bonds. The highest BCUT2D eigenvalue weighted by Crippen LogP contribution is 2.32. The van der Waals surface area contributed by atoms with E-state index in [2.05, 4.69) is 10.1 Å². The molecule has 2 aromatic carbocycles. The molecule has 1 aromatic heterocycles. The third-order valence-corrected chi connectivity index (χ3v) is 5.08. The number of carbonyl (C=O) groups excluding carboxylic acids is 1. The van der Waals surface area contributed by atoms with Gasteiger partial charge in [0.1, 0.15) is 17.4 Å². The van der Waals surface area contributed by atoms with Gasteiger partial charge in [0.2, 0.25) is 11.7 Å². The monoisotopic (exact) mass is 399 g/mol. The normalized spacial score (nSPS) is 14.8. The average Bonchev–Trinajstić information content (AvgIpc) is 3.23. The van der Waals surface area contributed by atoms with Gasteiger partial charge >= 0.3 is 0 Å². The number of amides is 1. The highest BCUT2D eigenvalue weighted by Gasteiger charge is 2.29. The summed E-state index contributed by atoms with van der Waals surface area (Å²) < 4.78 is 37.7. The largest absolute Gasteiger partial charge is 0.496 e. The zero-order valence-electron chi connectivity index (χ0n) is 15.8. The van der Waals surface area contributed by atoms with Crippen LogP contribution in [0.4, 0.5) is 8.78 Å². The molecular formula is C21H19F2N3O3. The van der Waals surface area contributed by atoms with Crippen molar-refractivity contribution >= 4 is 5.91 Å². The Kier molecular flexibility index (Phi) is 5.24. The molecule has 0 bridgehead atoms. The van der Waals surface area contributed by atoms with Crippen molar-refractivity contribution in [3.05, 3.63) is 65.6 Å². The third-order valence-electron chi connectivity index (χ3n) is 5.08. The van der Waals surface area contributed by atoms with E-state index in [-0.39, 0.29) is 11.5 Å². The predicted octanol–water partition coefficient (Wildman–Crippen LogP) is 4.04. The van der Waals surface area contributed by atoms with Gasteiger partial charge in [0.25, 0.3) is 5.91 Å². The van der Waals surface area contributed by atoms with Crippen molar-refractivity contribution in [3.63, 3.8) is 0 Å². The quantitative estimate of drug-likeness (QED) is 0.662. The minimum atomic E-state index is -0.851. The van der Waals surface area contributed by atoms with Crippen molar-refractivity contribution in [2.75, 3.05) is 20.2 Å². The molecule has 29 heavy (non-hydrogen) atoms. The maximum atomic E-state index is 13.9. The Balaban J connectivity index is 1.44. The molecule has 6 nitrogen and oxygen atoms in total. The van der Waals surface area contributed by atoms with Gasteiger partial charge in [-0.2, -0.15) is 4.98 Å². The average molecular weight is 399 g/mol. The number of ether oxygens (including phenoxy) is 1. The van der Waals surface area contributed by atoms with Gasteiger partial charge < -0.3 is 14.2 Å².